The number of para-hydroxylation sites is 4. The first-order valence-corrected chi connectivity index (χ1v) is 21.0. The first-order chi connectivity index (χ1) is 27.7. The summed E-state index contributed by atoms with van der Waals surface area (Å²) in [6, 6.07) is 61.4. The van der Waals surface area contributed by atoms with Gasteiger partial charge in [0.05, 0.1) is 44.6 Å². The zero-order valence-electron chi connectivity index (χ0n) is 31.2. The lowest BCUT2D eigenvalue weighted by Crippen LogP contribution is -2.57. The standard InChI is InChI=1S/C53H41ClN2/c54-51-49(55-45-22-9-5-18-41(45)52(42-19-6-10-23-46(42)55)35-29-33-28-34(31-35)32-36(52)30-33)26-13-27-50(51)56-47-24-11-7-20-43(47)53(44-21-8-12-25-48(44)56)39-16-3-1-14-37(39)38-15-2-4-17-40(38)53/h1-27,33-36H,28-32H2. The molecule has 0 unspecified atom stereocenters. The van der Waals surface area contributed by atoms with Gasteiger partial charge in [-0.1, -0.05) is 139 Å². The molecule has 7 aromatic rings. The maximum Gasteiger partial charge on any atom is 0.0887 e. The third-order valence-corrected chi connectivity index (χ3v) is 15.5. The fourth-order valence-electron chi connectivity index (χ4n) is 13.6. The normalized spacial score (nSPS) is 23.3. The van der Waals surface area contributed by atoms with Crippen molar-refractivity contribution in [2.75, 3.05) is 9.80 Å². The Hall–Kier alpha value is -5.57. The Labute approximate surface area is 334 Å². The zero-order chi connectivity index (χ0) is 36.8. The Kier molecular flexibility index (Phi) is 6.36. The van der Waals surface area contributed by atoms with Gasteiger partial charge in [-0.3, -0.25) is 0 Å². The van der Waals surface area contributed by atoms with Crippen LogP contribution in [0, 0.1) is 23.7 Å². The molecule has 14 rings (SSSR count). The maximum absolute atomic E-state index is 7.97. The molecule has 2 heterocycles. The second-order valence-electron chi connectivity index (χ2n) is 17.4. The lowest BCUT2D eigenvalue weighted by molar-refractivity contribution is -0.0419. The summed E-state index contributed by atoms with van der Waals surface area (Å²) in [6.07, 6.45) is 6.88. The van der Waals surface area contributed by atoms with E-state index in [0.29, 0.717) is 11.8 Å². The lowest BCUT2D eigenvalue weighted by atomic mass is 9.41. The van der Waals surface area contributed by atoms with Gasteiger partial charge in [-0.25, -0.2) is 0 Å². The fourth-order valence-corrected chi connectivity index (χ4v) is 13.8. The van der Waals surface area contributed by atoms with Crippen LogP contribution in [-0.2, 0) is 10.8 Å². The molecule has 3 heteroatoms. The molecule has 56 heavy (non-hydrogen) atoms. The van der Waals surface area contributed by atoms with E-state index in [1.807, 2.05) is 0 Å². The quantitative estimate of drug-likeness (QED) is 0.174. The summed E-state index contributed by atoms with van der Waals surface area (Å²) in [6.45, 7) is 0. The number of rotatable bonds is 2. The van der Waals surface area contributed by atoms with Crippen molar-refractivity contribution >= 4 is 45.7 Å². The summed E-state index contributed by atoms with van der Waals surface area (Å²) in [5.74, 6) is 3.16. The highest BCUT2D eigenvalue weighted by Gasteiger charge is 2.61. The molecule has 4 bridgehead atoms. The molecule has 0 amide bonds. The molecule has 0 N–H and O–H groups in total. The number of nitrogens with zero attached hydrogens (tertiary/aromatic N) is 2. The molecule has 0 atom stereocenters. The van der Waals surface area contributed by atoms with Gasteiger partial charge in [0.15, 0.2) is 0 Å². The lowest BCUT2D eigenvalue weighted by Gasteiger charge is -2.64. The molecule has 7 aliphatic rings. The highest BCUT2D eigenvalue weighted by Crippen LogP contribution is 2.70. The Bertz CT molecular complexity index is 2610. The van der Waals surface area contributed by atoms with Gasteiger partial charge in [0.25, 0.3) is 0 Å². The highest BCUT2D eigenvalue weighted by molar-refractivity contribution is 6.37. The van der Waals surface area contributed by atoms with E-state index < -0.39 is 5.41 Å². The minimum absolute atomic E-state index is 0.0497. The van der Waals surface area contributed by atoms with Crippen LogP contribution in [0.2, 0.25) is 5.02 Å². The molecule has 2 nitrogen and oxygen atoms in total. The smallest absolute Gasteiger partial charge is 0.0887 e. The van der Waals surface area contributed by atoms with E-state index in [4.69, 9.17) is 11.6 Å². The fraction of sp³-hybridized carbons (Fsp3) is 0.208. The topological polar surface area (TPSA) is 6.48 Å². The van der Waals surface area contributed by atoms with Crippen LogP contribution in [0.4, 0.5) is 34.1 Å². The Morgan fingerprint density at radius 3 is 1.14 bits per heavy atom. The minimum atomic E-state index is -0.460. The largest absolute Gasteiger partial charge is 0.308 e. The van der Waals surface area contributed by atoms with E-state index in [0.717, 1.165) is 39.6 Å². The second kappa shape index (κ2) is 11.3. The molecular formula is C53H41ClN2. The summed E-state index contributed by atoms with van der Waals surface area (Å²) in [5, 5.41) is 0.755. The Morgan fingerprint density at radius 1 is 0.357 bits per heavy atom. The molecule has 270 valence electrons. The van der Waals surface area contributed by atoms with Gasteiger partial charge >= 0.3 is 0 Å². The van der Waals surface area contributed by atoms with E-state index in [-0.39, 0.29) is 5.41 Å². The van der Waals surface area contributed by atoms with Crippen LogP contribution in [0.1, 0.15) is 65.5 Å². The summed E-state index contributed by atoms with van der Waals surface area (Å²) in [7, 11) is 0. The van der Waals surface area contributed by atoms with Crippen LogP contribution in [0.3, 0.4) is 0 Å². The third kappa shape index (κ3) is 3.75. The summed E-state index contributed by atoms with van der Waals surface area (Å²) in [4.78, 5) is 4.94. The average molecular weight is 741 g/mol. The van der Waals surface area contributed by atoms with Crippen molar-refractivity contribution in [1.29, 1.82) is 0 Å². The van der Waals surface area contributed by atoms with Crippen molar-refractivity contribution < 1.29 is 0 Å². The van der Waals surface area contributed by atoms with E-state index >= 15 is 0 Å². The van der Waals surface area contributed by atoms with Gasteiger partial charge in [-0.15, -0.1) is 0 Å². The van der Waals surface area contributed by atoms with Crippen molar-refractivity contribution in [2.45, 2.75) is 42.9 Å². The van der Waals surface area contributed by atoms with Gasteiger partial charge in [0.1, 0.15) is 0 Å². The van der Waals surface area contributed by atoms with Crippen LogP contribution >= 0.6 is 11.6 Å². The van der Waals surface area contributed by atoms with Crippen LogP contribution in [0.25, 0.3) is 11.1 Å². The molecular weight excluding hydrogens is 700 g/mol. The molecule has 4 fully saturated rings. The molecule has 5 aliphatic carbocycles. The predicted molar refractivity (Wildman–Crippen MR) is 230 cm³/mol. The van der Waals surface area contributed by atoms with Crippen molar-refractivity contribution in [3.63, 3.8) is 0 Å². The molecule has 0 saturated heterocycles. The van der Waals surface area contributed by atoms with Crippen LogP contribution in [-0.4, -0.2) is 0 Å². The first kappa shape index (κ1) is 31.6. The monoisotopic (exact) mass is 740 g/mol. The number of benzene rings is 7. The highest BCUT2D eigenvalue weighted by atomic mass is 35.5. The van der Waals surface area contributed by atoms with Crippen molar-refractivity contribution in [3.8, 4) is 11.1 Å². The van der Waals surface area contributed by atoms with Crippen molar-refractivity contribution in [1.82, 2.24) is 0 Å². The van der Waals surface area contributed by atoms with E-state index in [1.54, 1.807) is 0 Å². The molecule has 0 radical (unpaired) electrons. The number of hydrogen-bond donors (Lipinski definition) is 0. The van der Waals surface area contributed by atoms with Gasteiger partial charge in [0.2, 0.25) is 0 Å². The number of halogens is 1. The van der Waals surface area contributed by atoms with Gasteiger partial charge in [0, 0.05) is 5.41 Å². The molecule has 4 saturated carbocycles. The summed E-state index contributed by atoms with van der Waals surface area (Å²) >= 11 is 7.97. The number of hydrogen-bond acceptors (Lipinski definition) is 2. The maximum atomic E-state index is 7.97. The summed E-state index contributed by atoms with van der Waals surface area (Å²) < 4.78 is 0. The predicted octanol–water partition coefficient (Wildman–Crippen LogP) is 14.0. The van der Waals surface area contributed by atoms with E-state index in [2.05, 4.69) is 174 Å². The van der Waals surface area contributed by atoms with Gasteiger partial charge in [-0.05, 0) is 137 Å². The van der Waals surface area contributed by atoms with E-state index in [1.165, 1.54) is 88.0 Å². The Balaban J connectivity index is 1.03. The van der Waals surface area contributed by atoms with Crippen LogP contribution in [0.5, 0.6) is 0 Å². The van der Waals surface area contributed by atoms with E-state index in [9.17, 15) is 0 Å². The number of fused-ring (bicyclic) bond motifs is 11. The number of anilines is 6. The molecule has 2 aliphatic heterocycles. The third-order valence-electron chi connectivity index (χ3n) is 15.1. The van der Waals surface area contributed by atoms with Gasteiger partial charge < -0.3 is 9.80 Å². The second-order valence-corrected chi connectivity index (χ2v) is 17.7. The first-order valence-electron chi connectivity index (χ1n) is 20.6. The van der Waals surface area contributed by atoms with Crippen LogP contribution < -0.4 is 9.80 Å². The van der Waals surface area contributed by atoms with Crippen molar-refractivity contribution in [3.05, 3.63) is 202 Å². The zero-order valence-corrected chi connectivity index (χ0v) is 32.0. The Morgan fingerprint density at radius 2 is 0.696 bits per heavy atom. The minimum Gasteiger partial charge on any atom is -0.308 e. The molecule has 2 spiro atoms. The van der Waals surface area contributed by atoms with Crippen molar-refractivity contribution in [2.24, 2.45) is 23.7 Å². The summed E-state index contributed by atoms with van der Waals surface area (Å²) in [5.41, 5.74) is 17.3. The SMILES string of the molecule is Clc1c(N2c3ccccc3C3(c4ccccc4-c4ccccc43)c3ccccc32)cccc1N1c2ccccc2C2(c3ccccc31)C1CC3CC(C1)CC2C3. The van der Waals surface area contributed by atoms with Gasteiger partial charge in [-0.2, -0.15) is 0 Å². The van der Waals surface area contributed by atoms with Crippen LogP contribution in [0.15, 0.2) is 164 Å². The average Bonchev–Trinajstić information content (AvgIpc) is 3.54. The molecule has 0 aromatic heterocycles. The molecule has 7 aromatic carbocycles.